The fourth-order valence-corrected chi connectivity index (χ4v) is 2.61. The van der Waals surface area contributed by atoms with Crippen molar-refractivity contribution >= 4 is 48.0 Å². The zero-order chi connectivity index (χ0) is 13.5. The van der Waals surface area contributed by atoms with E-state index in [2.05, 4.69) is 4.90 Å². The number of amides is 1. The SMILES string of the molecule is Cl.Cl.NC1(C(=O)N2CCN(c3ccc(Cl)cc3)CC2)CC1. The Bertz CT molecular complexity index is 483. The van der Waals surface area contributed by atoms with Crippen LogP contribution in [-0.2, 0) is 4.79 Å². The van der Waals surface area contributed by atoms with E-state index >= 15 is 0 Å². The van der Waals surface area contributed by atoms with Crippen molar-refractivity contribution in [1.82, 2.24) is 4.90 Å². The lowest BCUT2D eigenvalue weighted by Gasteiger charge is -2.37. The minimum atomic E-state index is -0.539. The number of piperazine rings is 1. The molecule has 1 aliphatic carbocycles. The van der Waals surface area contributed by atoms with Crippen molar-refractivity contribution in [3.05, 3.63) is 29.3 Å². The van der Waals surface area contributed by atoms with E-state index in [0.717, 1.165) is 49.7 Å². The number of hydrogen-bond acceptors (Lipinski definition) is 3. The van der Waals surface area contributed by atoms with E-state index in [1.54, 1.807) is 0 Å². The highest BCUT2D eigenvalue weighted by atomic mass is 35.5. The van der Waals surface area contributed by atoms with Gasteiger partial charge in [-0.05, 0) is 37.1 Å². The number of anilines is 1. The molecule has 1 heterocycles. The Morgan fingerprint density at radius 3 is 2.05 bits per heavy atom. The smallest absolute Gasteiger partial charge is 0.242 e. The van der Waals surface area contributed by atoms with Gasteiger partial charge in [0, 0.05) is 36.9 Å². The third-order valence-corrected chi connectivity index (χ3v) is 4.23. The van der Waals surface area contributed by atoms with Gasteiger partial charge in [-0.3, -0.25) is 4.79 Å². The van der Waals surface area contributed by atoms with Crippen LogP contribution in [0.2, 0.25) is 5.02 Å². The molecular weight excluding hydrogens is 333 g/mol. The minimum Gasteiger partial charge on any atom is -0.368 e. The Hall–Kier alpha value is -0.680. The summed E-state index contributed by atoms with van der Waals surface area (Å²) in [6.07, 6.45) is 1.67. The summed E-state index contributed by atoms with van der Waals surface area (Å²) in [7, 11) is 0. The average Bonchev–Trinajstić information content (AvgIpc) is 3.18. The second kappa shape index (κ2) is 7.05. The standard InChI is InChI=1S/C14H18ClN3O.2ClH/c15-11-1-3-12(4-2-11)17-7-9-18(10-8-17)13(19)14(16)5-6-14;;/h1-4H,5-10,16H2;2*1H. The maximum Gasteiger partial charge on any atom is 0.242 e. The third-order valence-electron chi connectivity index (χ3n) is 3.97. The number of halogens is 3. The van der Waals surface area contributed by atoms with Crippen LogP contribution in [0.1, 0.15) is 12.8 Å². The van der Waals surface area contributed by atoms with Crippen LogP contribution in [-0.4, -0.2) is 42.5 Å². The largest absolute Gasteiger partial charge is 0.368 e. The molecule has 1 aliphatic heterocycles. The Morgan fingerprint density at radius 2 is 1.57 bits per heavy atom. The summed E-state index contributed by atoms with van der Waals surface area (Å²) in [4.78, 5) is 16.3. The quantitative estimate of drug-likeness (QED) is 0.888. The van der Waals surface area contributed by atoms with E-state index in [1.165, 1.54) is 0 Å². The molecule has 1 saturated carbocycles. The first-order valence-corrected chi connectivity index (χ1v) is 7.05. The molecule has 21 heavy (non-hydrogen) atoms. The first kappa shape index (κ1) is 18.4. The molecule has 0 atom stereocenters. The lowest BCUT2D eigenvalue weighted by Crippen LogP contribution is -2.54. The molecule has 1 aromatic carbocycles. The Kier molecular flexibility index (Phi) is 6.17. The van der Waals surface area contributed by atoms with Crippen molar-refractivity contribution in [3.63, 3.8) is 0 Å². The molecule has 3 rings (SSSR count). The van der Waals surface area contributed by atoms with Crippen molar-refractivity contribution in [3.8, 4) is 0 Å². The lowest BCUT2D eigenvalue weighted by atomic mass is 10.2. The summed E-state index contributed by atoms with van der Waals surface area (Å²) in [6, 6.07) is 7.83. The van der Waals surface area contributed by atoms with E-state index in [1.807, 2.05) is 29.2 Å². The Morgan fingerprint density at radius 1 is 1.05 bits per heavy atom. The van der Waals surface area contributed by atoms with Crippen molar-refractivity contribution in [2.24, 2.45) is 5.73 Å². The van der Waals surface area contributed by atoms with Crippen molar-refractivity contribution in [2.45, 2.75) is 18.4 Å². The van der Waals surface area contributed by atoms with Crippen LogP contribution in [0.15, 0.2) is 24.3 Å². The van der Waals surface area contributed by atoms with E-state index in [0.29, 0.717) is 0 Å². The van der Waals surface area contributed by atoms with Crippen molar-refractivity contribution in [1.29, 1.82) is 0 Å². The molecule has 0 unspecified atom stereocenters. The molecule has 4 nitrogen and oxygen atoms in total. The predicted octanol–water partition coefficient (Wildman–Crippen LogP) is 2.32. The molecule has 1 aromatic rings. The van der Waals surface area contributed by atoms with E-state index in [9.17, 15) is 4.79 Å². The van der Waals surface area contributed by atoms with Gasteiger partial charge in [0.2, 0.25) is 5.91 Å². The number of carbonyl (C=O) groups is 1. The van der Waals surface area contributed by atoms with Crippen LogP contribution < -0.4 is 10.6 Å². The zero-order valence-corrected chi connectivity index (χ0v) is 14.0. The molecule has 2 aliphatic rings. The summed E-state index contributed by atoms with van der Waals surface area (Å²) >= 11 is 5.89. The summed E-state index contributed by atoms with van der Waals surface area (Å²) < 4.78 is 0. The maximum absolute atomic E-state index is 12.1. The molecule has 0 radical (unpaired) electrons. The third kappa shape index (κ3) is 3.95. The van der Waals surface area contributed by atoms with Crippen molar-refractivity contribution < 1.29 is 4.79 Å². The lowest BCUT2D eigenvalue weighted by molar-refractivity contribution is -0.133. The molecule has 7 heteroatoms. The molecule has 1 amide bonds. The van der Waals surface area contributed by atoms with Gasteiger partial charge < -0.3 is 15.5 Å². The number of hydrogen-bond donors (Lipinski definition) is 1. The van der Waals surface area contributed by atoms with Gasteiger partial charge in [0.25, 0.3) is 0 Å². The highest BCUT2D eigenvalue weighted by Gasteiger charge is 2.48. The fraction of sp³-hybridized carbons (Fsp3) is 0.500. The van der Waals surface area contributed by atoms with Gasteiger partial charge in [0.05, 0.1) is 5.54 Å². The first-order chi connectivity index (χ1) is 9.08. The zero-order valence-electron chi connectivity index (χ0n) is 11.6. The summed E-state index contributed by atoms with van der Waals surface area (Å²) in [6.45, 7) is 3.20. The highest BCUT2D eigenvalue weighted by molar-refractivity contribution is 6.30. The summed E-state index contributed by atoms with van der Waals surface area (Å²) in [5.74, 6) is 0.128. The second-order valence-electron chi connectivity index (χ2n) is 5.41. The van der Waals surface area contributed by atoms with Gasteiger partial charge in [-0.1, -0.05) is 11.6 Å². The maximum atomic E-state index is 12.1. The van der Waals surface area contributed by atoms with E-state index in [-0.39, 0.29) is 30.7 Å². The second-order valence-corrected chi connectivity index (χ2v) is 5.85. The molecule has 1 saturated heterocycles. The van der Waals surface area contributed by atoms with E-state index < -0.39 is 5.54 Å². The number of carbonyl (C=O) groups excluding carboxylic acids is 1. The van der Waals surface area contributed by atoms with Crippen LogP contribution in [0.3, 0.4) is 0 Å². The number of nitrogens with zero attached hydrogens (tertiary/aromatic N) is 2. The molecule has 0 aromatic heterocycles. The van der Waals surface area contributed by atoms with Gasteiger partial charge in [-0.25, -0.2) is 0 Å². The molecule has 118 valence electrons. The minimum absolute atomic E-state index is 0. The molecular formula is C14H20Cl3N3O. The topological polar surface area (TPSA) is 49.6 Å². The average molecular weight is 353 g/mol. The van der Waals surface area contributed by atoms with Gasteiger partial charge >= 0.3 is 0 Å². The van der Waals surface area contributed by atoms with Crippen LogP contribution in [0.25, 0.3) is 0 Å². The molecule has 2 N–H and O–H groups in total. The highest BCUT2D eigenvalue weighted by Crippen LogP contribution is 2.34. The van der Waals surface area contributed by atoms with Crippen LogP contribution in [0.4, 0.5) is 5.69 Å². The molecule has 2 fully saturated rings. The number of benzene rings is 1. The molecule has 0 bridgehead atoms. The normalized spacial score (nSPS) is 19.3. The van der Waals surface area contributed by atoms with Crippen molar-refractivity contribution in [2.75, 3.05) is 31.1 Å². The number of nitrogens with two attached hydrogens (primary N) is 1. The Balaban J connectivity index is 0.00000110. The monoisotopic (exact) mass is 351 g/mol. The summed E-state index contributed by atoms with van der Waals surface area (Å²) in [5.41, 5.74) is 6.58. The predicted molar refractivity (Wildman–Crippen MR) is 90.9 cm³/mol. The van der Waals surface area contributed by atoms with Crippen LogP contribution in [0, 0.1) is 0 Å². The van der Waals surface area contributed by atoms with Gasteiger partial charge in [-0.15, -0.1) is 24.8 Å². The van der Waals surface area contributed by atoms with Crippen LogP contribution >= 0.6 is 36.4 Å². The van der Waals surface area contributed by atoms with Gasteiger partial charge in [0.1, 0.15) is 0 Å². The Labute approximate surface area is 142 Å². The molecule has 0 spiro atoms. The number of rotatable bonds is 2. The first-order valence-electron chi connectivity index (χ1n) is 6.67. The van der Waals surface area contributed by atoms with Crippen LogP contribution in [0.5, 0.6) is 0 Å². The fourth-order valence-electron chi connectivity index (χ4n) is 2.48. The van der Waals surface area contributed by atoms with E-state index in [4.69, 9.17) is 17.3 Å². The van der Waals surface area contributed by atoms with Gasteiger partial charge in [-0.2, -0.15) is 0 Å². The summed E-state index contributed by atoms with van der Waals surface area (Å²) in [5, 5.41) is 0.747. The van der Waals surface area contributed by atoms with Gasteiger partial charge in [0.15, 0.2) is 0 Å².